The van der Waals surface area contributed by atoms with Crippen LogP contribution >= 0.6 is 0 Å². The molecular weight excluding hydrogens is 460 g/mol. The van der Waals surface area contributed by atoms with Crippen molar-refractivity contribution in [2.45, 2.75) is 80.8 Å². The SMILES string of the molecule is CC(C)c1cc(C#C[C@H]2O[C@H](CO)[C@@H](O)[C@H](O)[C@@H]2O)ccc1C#C[C@H]1O[C@H](CO)[C@@H](O)[C@H](O)[C@H]1O. The topological polar surface area (TPSA) is 180 Å². The molecule has 2 heterocycles. The first-order valence-electron chi connectivity index (χ1n) is 11.4. The first-order chi connectivity index (χ1) is 16.6. The second-order valence-electron chi connectivity index (χ2n) is 8.99. The van der Waals surface area contributed by atoms with E-state index in [4.69, 9.17) is 9.47 Å². The van der Waals surface area contributed by atoms with Gasteiger partial charge < -0.3 is 50.3 Å². The molecule has 0 spiro atoms. The summed E-state index contributed by atoms with van der Waals surface area (Å²) in [6, 6.07) is 5.18. The fourth-order valence-corrected chi connectivity index (χ4v) is 3.98. The average Bonchev–Trinajstić information content (AvgIpc) is 2.85. The van der Waals surface area contributed by atoms with E-state index in [-0.39, 0.29) is 5.92 Å². The van der Waals surface area contributed by atoms with Gasteiger partial charge in [0.15, 0.2) is 0 Å². The van der Waals surface area contributed by atoms with Gasteiger partial charge in [-0.1, -0.05) is 37.5 Å². The van der Waals surface area contributed by atoms with Gasteiger partial charge >= 0.3 is 0 Å². The van der Waals surface area contributed by atoms with E-state index in [2.05, 4.69) is 23.7 Å². The zero-order valence-electron chi connectivity index (χ0n) is 19.4. The lowest BCUT2D eigenvalue weighted by Crippen LogP contribution is -2.58. The van der Waals surface area contributed by atoms with Crippen molar-refractivity contribution in [1.82, 2.24) is 0 Å². The van der Waals surface area contributed by atoms with Crippen molar-refractivity contribution in [3.63, 3.8) is 0 Å². The van der Waals surface area contributed by atoms with Crippen LogP contribution < -0.4 is 0 Å². The fraction of sp³-hybridized carbons (Fsp3) is 0.600. The predicted octanol–water partition coefficient (Wildman–Crippen LogP) is -2.80. The number of rotatable bonds is 3. The Morgan fingerprint density at radius 3 is 1.66 bits per heavy atom. The number of ether oxygens (including phenoxy) is 2. The van der Waals surface area contributed by atoms with E-state index in [1.165, 1.54) is 0 Å². The zero-order chi connectivity index (χ0) is 25.9. The molecule has 2 aliphatic rings. The highest BCUT2D eigenvalue weighted by Gasteiger charge is 2.43. The maximum Gasteiger partial charge on any atom is 0.147 e. The largest absolute Gasteiger partial charge is 0.394 e. The molecule has 1 aromatic carbocycles. The van der Waals surface area contributed by atoms with Crippen molar-refractivity contribution in [1.29, 1.82) is 0 Å². The molecule has 10 atom stereocenters. The highest BCUT2D eigenvalue weighted by molar-refractivity contribution is 5.49. The first kappa shape index (κ1) is 27.5. The number of hydrogen-bond donors (Lipinski definition) is 8. The zero-order valence-corrected chi connectivity index (χ0v) is 19.4. The molecular formula is C25H32O10. The number of hydrogen-bond acceptors (Lipinski definition) is 10. The maximum absolute atomic E-state index is 10.2. The number of benzene rings is 1. The number of aliphatic hydroxyl groups excluding tert-OH is 8. The molecule has 3 rings (SSSR count). The van der Waals surface area contributed by atoms with Gasteiger partial charge in [-0.2, -0.15) is 0 Å². The van der Waals surface area contributed by atoms with Crippen LogP contribution in [0, 0.1) is 23.7 Å². The van der Waals surface area contributed by atoms with Crippen LogP contribution in [0.1, 0.15) is 36.5 Å². The smallest absolute Gasteiger partial charge is 0.147 e. The molecule has 0 bridgehead atoms. The van der Waals surface area contributed by atoms with Crippen LogP contribution in [0.3, 0.4) is 0 Å². The molecule has 0 amide bonds. The van der Waals surface area contributed by atoms with Crippen molar-refractivity contribution in [2.75, 3.05) is 13.2 Å². The third kappa shape index (κ3) is 6.02. The summed E-state index contributed by atoms with van der Waals surface area (Å²) >= 11 is 0. The Hall–Kier alpha value is -2.06. The minimum Gasteiger partial charge on any atom is -0.394 e. The molecule has 10 nitrogen and oxygen atoms in total. The lowest BCUT2D eigenvalue weighted by atomic mass is 9.93. The molecule has 1 aromatic rings. The van der Waals surface area contributed by atoms with Gasteiger partial charge in [-0.15, -0.1) is 0 Å². The van der Waals surface area contributed by atoms with Crippen molar-refractivity contribution >= 4 is 0 Å². The van der Waals surface area contributed by atoms with E-state index in [9.17, 15) is 40.9 Å². The Morgan fingerprint density at radius 2 is 1.20 bits per heavy atom. The third-order valence-electron chi connectivity index (χ3n) is 6.17. The Kier molecular flexibility index (Phi) is 9.27. The minimum atomic E-state index is -1.51. The van der Waals surface area contributed by atoms with E-state index in [1.807, 2.05) is 13.8 Å². The summed E-state index contributed by atoms with van der Waals surface area (Å²) in [5.74, 6) is 11.3. The van der Waals surface area contributed by atoms with Gasteiger partial charge in [0.05, 0.1) is 13.2 Å². The Morgan fingerprint density at radius 1 is 0.714 bits per heavy atom. The lowest BCUT2D eigenvalue weighted by molar-refractivity contribution is -0.214. The van der Waals surface area contributed by atoms with Crippen molar-refractivity contribution < 1.29 is 50.3 Å². The summed E-state index contributed by atoms with van der Waals surface area (Å²) in [5.41, 5.74) is 2.02. The standard InChI is InChI=1S/C25H32O10/c1-12(2)15-9-13(4-7-16-20(28)24(32)22(30)18(10-26)34-16)3-5-14(15)6-8-17-21(29)25(33)23(31)19(11-27)35-17/h3,5,9,12,16-33H,10-11H2,1-2H3/t16-,17-,18-,19-,20-,21+,22-,23-,24-,25-/m1/s1. The van der Waals surface area contributed by atoms with Crippen molar-refractivity contribution in [3.8, 4) is 23.7 Å². The van der Waals surface area contributed by atoms with Crippen LogP contribution in [0.15, 0.2) is 18.2 Å². The van der Waals surface area contributed by atoms with Crippen LogP contribution in [0.4, 0.5) is 0 Å². The van der Waals surface area contributed by atoms with E-state index in [0.717, 1.165) is 5.56 Å². The molecule has 0 radical (unpaired) electrons. The summed E-state index contributed by atoms with van der Waals surface area (Å²) in [5, 5.41) is 78.6. The van der Waals surface area contributed by atoms with Crippen LogP contribution in [0.2, 0.25) is 0 Å². The molecule has 2 fully saturated rings. The summed E-state index contributed by atoms with van der Waals surface area (Å²) in [6.07, 6.45) is -13.1. The van der Waals surface area contributed by atoms with Crippen LogP contribution in [0.25, 0.3) is 0 Å². The Labute approximate surface area is 203 Å². The monoisotopic (exact) mass is 492 g/mol. The molecule has 0 aromatic heterocycles. The normalized spacial score (nSPS) is 37.2. The molecule has 8 N–H and O–H groups in total. The van der Waals surface area contributed by atoms with Gasteiger partial charge in [-0.05, 0) is 29.7 Å². The summed E-state index contributed by atoms with van der Waals surface area (Å²) in [4.78, 5) is 0. The van der Waals surface area contributed by atoms with E-state index >= 15 is 0 Å². The van der Waals surface area contributed by atoms with Crippen LogP contribution in [-0.2, 0) is 9.47 Å². The van der Waals surface area contributed by atoms with Gasteiger partial charge in [0.2, 0.25) is 0 Å². The van der Waals surface area contributed by atoms with Gasteiger partial charge in [0.25, 0.3) is 0 Å². The van der Waals surface area contributed by atoms with Crippen LogP contribution in [-0.4, -0.2) is 115 Å². The summed E-state index contributed by atoms with van der Waals surface area (Å²) < 4.78 is 10.8. The van der Waals surface area contributed by atoms with Gasteiger partial charge in [0, 0.05) is 11.1 Å². The van der Waals surface area contributed by atoms with E-state index in [1.54, 1.807) is 18.2 Å². The average molecular weight is 493 g/mol. The fourth-order valence-electron chi connectivity index (χ4n) is 3.98. The second kappa shape index (κ2) is 11.8. The second-order valence-corrected chi connectivity index (χ2v) is 8.99. The Bertz CT molecular complexity index is 985. The molecule has 2 saturated heterocycles. The molecule has 10 heteroatoms. The first-order valence-corrected chi connectivity index (χ1v) is 11.4. The molecule has 35 heavy (non-hydrogen) atoms. The minimum absolute atomic E-state index is 0.0307. The molecule has 0 aliphatic carbocycles. The van der Waals surface area contributed by atoms with E-state index in [0.29, 0.717) is 11.1 Å². The summed E-state index contributed by atoms with van der Waals surface area (Å²) in [7, 11) is 0. The highest BCUT2D eigenvalue weighted by atomic mass is 16.5. The van der Waals surface area contributed by atoms with Gasteiger partial charge in [0.1, 0.15) is 61.0 Å². The quantitative estimate of drug-likeness (QED) is 0.205. The summed E-state index contributed by atoms with van der Waals surface area (Å²) in [6.45, 7) is 2.82. The van der Waals surface area contributed by atoms with Crippen molar-refractivity contribution in [2.24, 2.45) is 0 Å². The molecule has 0 saturated carbocycles. The lowest BCUT2D eigenvalue weighted by Gasteiger charge is -2.37. The molecule has 192 valence electrons. The number of aliphatic hydroxyl groups is 8. The third-order valence-corrected chi connectivity index (χ3v) is 6.17. The predicted molar refractivity (Wildman–Crippen MR) is 122 cm³/mol. The highest BCUT2D eigenvalue weighted by Crippen LogP contribution is 2.24. The molecule has 0 unspecified atom stereocenters. The molecule has 2 aliphatic heterocycles. The maximum atomic E-state index is 10.2. The van der Waals surface area contributed by atoms with Crippen LogP contribution in [0.5, 0.6) is 0 Å². The van der Waals surface area contributed by atoms with Gasteiger partial charge in [-0.25, -0.2) is 0 Å². The van der Waals surface area contributed by atoms with Crippen molar-refractivity contribution in [3.05, 3.63) is 34.9 Å². The van der Waals surface area contributed by atoms with E-state index < -0.39 is 74.3 Å². The Balaban J connectivity index is 1.83. The van der Waals surface area contributed by atoms with Gasteiger partial charge in [-0.3, -0.25) is 0 Å².